The fraction of sp³-hybridized carbons (Fsp3) is 0.0455. The number of non-ortho nitro benzene ring substituents is 1. The third kappa shape index (κ3) is 6.60. The Balaban J connectivity index is 1.46. The number of nitrogens with zero attached hydrogens (tertiary/aromatic N) is 2. The van der Waals surface area contributed by atoms with Gasteiger partial charge in [0.05, 0.1) is 16.7 Å². The van der Waals surface area contributed by atoms with Crippen molar-refractivity contribution >= 4 is 46.4 Å². The van der Waals surface area contributed by atoms with Gasteiger partial charge >= 0.3 is 5.97 Å². The predicted molar refractivity (Wildman–Crippen MR) is 125 cm³/mol. The van der Waals surface area contributed by atoms with Gasteiger partial charge < -0.3 is 9.47 Å². The lowest BCUT2D eigenvalue weighted by Crippen LogP contribution is -2.24. The first-order chi connectivity index (χ1) is 15.4. The first-order valence-corrected chi connectivity index (χ1v) is 10.3. The van der Waals surface area contributed by atoms with Crippen molar-refractivity contribution in [1.82, 2.24) is 5.43 Å². The number of hydrogen-bond donors (Lipinski definition) is 1. The summed E-state index contributed by atoms with van der Waals surface area (Å²) in [5.41, 5.74) is 3.41. The molecule has 3 aromatic rings. The zero-order valence-corrected chi connectivity index (χ0v) is 18.6. The average Bonchev–Trinajstić information content (AvgIpc) is 2.79. The highest BCUT2D eigenvalue weighted by atomic mass is 127. The van der Waals surface area contributed by atoms with Gasteiger partial charge in [-0.3, -0.25) is 14.9 Å². The van der Waals surface area contributed by atoms with E-state index in [-0.39, 0.29) is 12.3 Å². The minimum absolute atomic E-state index is 0.0676. The number of carbonyl (C=O) groups excluding carboxylic acids is 2. The number of nitro benzene ring substituents is 1. The van der Waals surface area contributed by atoms with E-state index in [1.807, 2.05) is 12.1 Å². The number of ether oxygens (including phenoxy) is 2. The molecule has 0 radical (unpaired) electrons. The largest absolute Gasteiger partial charge is 0.484 e. The lowest BCUT2D eigenvalue weighted by molar-refractivity contribution is -0.384. The second-order valence-electron chi connectivity index (χ2n) is 6.27. The van der Waals surface area contributed by atoms with Crippen molar-refractivity contribution in [3.63, 3.8) is 0 Å². The average molecular weight is 545 g/mol. The van der Waals surface area contributed by atoms with E-state index in [9.17, 15) is 19.7 Å². The van der Waals surface area contributed by atoms with Crippen molar-refractivity contribution in [2.45, 2.75) is 0 Å². The van der Waals surface area contributed by atoms with Gasteiger partial charge in [-0.25, -0.2) is 10.2 Å². The molecule has 0 aliphatic heterocycles. The second-order valence-corrected chi connectivity index (χ2v) is 7.43. The molecule has 0 atom stereocenters. The summed E-state index contributed by atoms with van der Waals surface area (Å²) < 4.78 is 11.4. The second kappa shape index (κ2) is 11.0. The maximum atomic E-state index is 12.2. The molecule has 10 heteroatoms. The number of hydrazone groups is 1. The minimum atomic E-state index is -0.522. The van der Waals surface area contributed by atoms with Crippen molar-refractivity contribution in [3.8, 4) is 11.5 Å². The SMILES string of the molecule is O=C(COc1ccc([N+](=O)[O-])cc1)NN=Cc1ccc(OC(=O)c2ccccc2I)cc1. The van der Waals surface area contributed by atoms with Crippen LogP contribution < -0.4 is 14.9 Å². The zero-order chi connectivity index (χ0) is 22.9. The van der Waals surface area contributed by atoms with E-state index in [0.717, 1.165) is 3.57 Å². The fourth-order valence-electron chi connectivity index (χ4n) is 2.43. The summed E-state index contributed by atoms with van der Waals surface area (Å²) in [4.78, 5) is 34.1. The number of halogens is 1. The summed E-state index contributed by atoms with van der Waals surface area (Å²) in [6.07, 6.45) is 1.43. The zero-order valence-electron chi connectivity index (χ0n) is 16.4. The van der Waals surface area contributed by atoms with Crippen LogP contribution in [0.15, 0.2) is 77.9 Å². The van der Waals surface area contributed by atoms with E-state index in [0.29, 0.717) is 22.6 Å². The van der Waals surface area contributed by atoms with Crippen LogP contribution in [0.25, 0.3) is 0 Å². The van der Waals surface area contributed by atoms with E-state index < -0.39 is 16.8 Å². The highest BCUT2D eigenvalue weighted by Gasteiger charge is 2.11. The van der Waals surface area contributed by atoms with Crippen molar-refractivity contribution in [1.29, 1.82) is 0 Å². The van der Waals surface area contributed by atoms with Crippen LogP contribution in [-0.4, -0.2) is 29.6 Å². The van der Waals surface area contributed by atoms with Crippen molar-refractivity contribution in [2.75, 3.05) is 6.61 Å². The van der Waals surface area contributed by atoms with Gasteiger partial charge in [0.25, 0.3) is 11.6 Å². The van der Waals surface area contributed by atoms with Crippen LogP contribution in [0, 0.1) is 13.7 Å². The molecule has 3 rings (SSSR count). The number of carbonyl (C=O) groups is 2. The monoisotopic (exact) mass is 545 g/mol. The van der Waals surface area contributed by atoms with Crippen LogP contribution in [0.1, 0.15) is 15.9 Å². The summed E-state index contributed by atoms with van der Waals surface area (Å²) in [5, 5.41) is 14.5. The van der Waals surface area contributed by atoms with Gasteiger partial charge in [0.15, 0.2) is 6.61 Å². The third-order valence-corrected chi connectivity index (χ3v) is 4.95. The van der Waals surface area contributed by atoms with Crippen LogP contribution in [0.3, 0.4) is 0 Å². The van der Waals surface area contributed by atoms with E-state index in [1.54, 1.807) is 36.4 Å². The Morgan fingerprint density at radius 1 is 1.00 bits per heavy atom. The van der Waals surface area contributed by atoms with Gasteiger partial charge in [-0.2, -0.15) is 5.10 Å². The molecular formula is C22H16IN3O6. The Bertz CT molecular complexity index is 1150. The summed E-state index contributed by atoms with van der Waals surface area (Å²) >= 11 is 2.07. The van der Waals surface area contributed by atoms with Crippen LogP contribution in [0.4, 0.5) is 5.69 Å². The molecule has 0 spiro atoms. The maximum Gasteiger partial charge on any atom is 0.344 e. The van der Waals surface area contributed by atoms with Gasteiger partial charge in [0.2, 0.25) is 0 Å². The molecule has 32 heavy (non-hydrogen) atoms. The van der Waals surface area contributed by atoms with Crippen molar-refractivity contribution in [2.24, 2.45) is 5.10 Å². The number of benzene rings is 3. The predicted octanol–water partition coefficient (Wildman–Crippen LogP) is 3.95. The summed E-state index contributed by atoms with van der Waals surface area (Å²) in [6.45, 7) is -0.303. The molecule has 0 aromatic heterocycles. The van der Waals surface area contributed by atoms with Gasteiger partial charge in [-0.1, -0.05) is 12.1 Å². The molecule has 0 aliphatic rings. The highest BCUT2D eigenvalue weighted by Crippen LogP contribution is 2.18. The summed E-state index contributed by atoms with van der Waals surface area (Å²) in [6, 6.07) is 19.1. The minimum Gasteiger partial charge on any atom is -0.484 e. The highest BCUT2D eigenvalue weighted by molar-refractivity contribution is 14.1. The Kier molecular flexibility index (Phi) is 7.86. The normalized spacial score (nSPS) is 10.5. The quantitative estimate of drug-likeness (QED) is 0.114. The Hall–Kier alpha value is -3.80. The number of rotatable bonds is 8. The summed E-state index contributed by atoms with van der Waals surface area (Å²) in [7, 11) is 0. The number of amides is 1. The van der Waals surface area contributed by atoms with Gasteiger partial charge in [0.1, 0.15) is 11.5 Å². The first-order valence-electron chi connectivity index (χ1n) is 9.18. The molecular weight excluding hydrogens is 529 g/mol. The molecule has 0 saturated heterocycles. The van der Waals surface area contributed by atoms with Gasteiger partial charge in [-0.05, 0) is 76.7 Å². The number of nitrogens with one attached hydrogen (secondary N) is 1. The molecule has 9 nitrogen and oxygen atoms in total. The Morgan fingerprint density at radius 3 is 2.31 bits per heavy atom. The molecule has 0 heterocycles. The molecule has 0 saturated carbocycles. The Morgan fingerprint density at radius 2 is 1.66 bits per heavy atom. The molecule has 0 unspecified atom stereocenters. The van der Waals surface area contributed by atoms with Crippen molar-refractivity contribution in [3.05, 3.63) is 97.6 Å². The topological polar surface area (TPSA) is 120 Å². The van der Waals surface area contributed by atoms with E-state index in [1.165, 1.54) is 30.5 Å². The third-order valence-electron chi connectivity index (χ3n) is 4.00. The molecule has 0 bridgehead atoms. The van der Waals surface area contributed by atoms with Crippen LogP contribution in [0.2, 0.25) is 0 Å². The molecule has 3 aromatic carbocycles. The maximum absolute atomic E-state index is 12.2. The van der Waals surface area contributed by atoms with E-state index in [4.69, 9.17) is 9.47 Å². The standard InChI is InChI=1S/C22H16IN3O6/c23-20-4-2-1-3-19(20)22(28)32-18-9-5-15(6-10-18)13-24-25-21(27)14-31-17-11-7-16(8-12-17)26(29)30/h1-13H,14H2,(H,25,27). The lowest BCUT2D eigenvalue weighted by Gasteiger charge is -2.06. The van der Waals surface area contributed by atoms with Gasteiger partial charge in [0, 0.05) is 15.7 Å². The molecule has 0 aliphatic carbocycles. The molecule has 0 fully saturated rings. The number of esters is 1. The lowest BCUT2D eigenvalue weighted by atomic mass is 10.2. The van der Waals surface area contributed by atoms with E-state index in [2.05, 4.69) is 33.1 Å². The fourth-order valence-corrected chi connectivity index (χ4v) is 3.04. The Labute approximate surface area is 196 Å². The van der Waals surface area contributed by atoms with Crippen LogP contribution in [-0.2, 0) is 4.79 Å². The molecule has 1 amide bonds. The number of hydrogen-bond acceptors (Lipinski definition) is 7. The van der Waals surface area contributed by atoms with Gasteiger partial charge in [-0.15, -0.1) is 0 Å². The van der Waals surface area contributed by atoms with E-state index >= 15 is 0 Å². The smallest absolute Gasteiger partial charge is 0.344 e. The molecule has 1 N–H and O–H groups in total. The molecule has 162 valence electrons. The van der Waals surface area contributed by atoms with Crippen LogP contribution >= 0.6 is 22.6 Å². The number of nitro groups is 1. The summed E-state index contributed by atoms with van der Waals surface area (Å²) in [5.74, 6) is -0.239. The first kappa shape index (κ1) is 22.9. The van der Waals surface area contributed by atoms with Crippen molar-refractivity contribution < 1.29 is 24.0 Å². The van der Waals surface area contributed by atoms with Crippen LogP contribution in [0.5, 0.6) is 11.5 Å².